The third kappa shape index (κ3) is 15.9. The van der Waals surface area contributed by atoms with Crippen molar-refractivity contribution >= 4 is 98.1 Å². The molecule has 11 heterocycles. The fourth-order valence-electron chi connectivity index (χ4n) is 18.7. The van der Waals surface area contributed by atoms with E-state index in [-0.39, 0.29) is 0 Å². The minimum atomic E-state index is 0.595. The second-order valence-corrected chi connectivity index (χ2v) is 34.0. The first-order valence-electron chi connectivity index (χ1n) is 46.0. The van der Waals surface area contributed by atoms with Gasteiger partial charge < -0.3 is 0 Å². The van der Waals surface area contributed by atoms with Crippen molar-refractivity contribution in [2.24, 2.45) is 0 Å². The van der Waals surface area contributed by atoms with Crippen LogP contribution in [0.3, 0.4) is 0 Å². The fraction of sp³-hybridized carbons (Fsp3) is 0. The molecule has 0 unspecified atom stereocenters. The van der Waals surface area contributed by atoms with Gasteiger partial charge in [-0.1, -0.05) is 352 Å². The zero-order chi connectivity index (χ0) is 93.5. The van der Waals surface area contributed by atoms with E-state index in [1.54, 1.807) is 12.4 Å². The molecule has 0 aliphatic heterocycles. The van der Waals surface area contributed by atoms with E-state index in [1.165, 1.54) is 0 Å². The Bertz CT molecular complexity index is 8340. The summed E-state index contributed by atoms with van der Waals surface area (Å²) in [4.78, 5) is 53.9. The van der Waals surface area contributed by atoms with Crippen molar-refractivity contribution in [2.45, 2.75) is 0 Å². The molecule has 0 N–H and O–H groups in total. The molecular weight excluding hydrogens is 1740 g/mol. The van der Waals surface area contributed by atoms with Crippen LogP contribution in [0.15, 0.2) is 457 Å². The Hall–Kier alpha value is -19.7. The summed E-state index contributed by atoms with van der Waals surface area (Å²) in [5.74, 6) is 2.52. The molecule has 0 bridgehead atoms. The van der Waals surface area contributed by atoms with E-state index in [0.29, 0.717) is 56.4 Å². The van der Waals surface area contributed by atoms with Crippen molar-refractivity contribution in [3.05, 3.63) is 443 Å². The van der Waals surface area contributed by atoms with Gasteiger partial charge in [0.05, 0.1) is 67.8 Å². The van der Waals surface area contributed by atoms with Gasteiger partial charge in [0.15, 0.2) is 23.3 Å². The topological polar surface area (TPSA) is 259 Å². The SMILES string of the molecule is c1ccc(-c2cc(-c3ccc(-c4cc5c(-c6ccccc6)nc6ccccc6c5c5nonc45)cc3)nc(-c3ccccc3)n2)cc1.c1ccc(-c2nc(-c3ccccc3)nc(-c3ccc(-c4cc5c(-c6ccccc6)nc6ccccc6c5c5nonc45)cc3)n2)cc1.c1ccc(-c2nc3ccccc3c3c2cc(-c2ccc(-c4cc(-c5ccccn5)nc(-c5ccccn5)c4)cc2)c2nonc23)cc1. The molecule has 0 saturated heterocycles. The van der Waals surface area contributed by atoms with E-state index in [0.717, 1.165) is 211 Å². The van der Waals surface area contributed by atoms with Crippen LogP contribution in [0.5, 0.6) is 0 Å². The van der Waals surface area contributed by atoms with Crippen LogP contribution in [0.2, 0.25) is 0 Å². The van der Waals surface area contributed by atoms with E-state index >= 15 is 0 Å². The standard InChI is InChI=1S/C41H25N5O.2C40H24N6O/c1-4-12-27(13-5-1)35-25-36(44-41(43-35)30-16-8-3-9-17-30)28-22-20-26(21-23-28)32-24-33-37(40-39(32)45-47-46-40)31-18-10-11-19-34(31)42-38(33)29-14-6-2-7-15-29;1-4-12-26(13-5-1)35-32-24-31(36-37(46-47-45-36)34(32)30-18-10-11-19-33(30)41-35)25-20-22-29(23-21-25)40-43-38(27-14-6-2-7-15-27)42-39(44-40)28-16-8-3-9-17-28;1-2-10-27(11-3-1)38-31-24-30(39-40(46-47-45-39)37(31)29-12-4-5-13-32(29)44-38)26-18-16-25(17-19-26)28-22-35(33-14-6-8-20-41-33)43-36(23-28)34-15-7-9-21-42-34/h1-25H;2*1-24H. The number of para-hydroxylation sites is 3. The van der Waals surface area contributed by atoms with Crippen molar-refractivity contribution in [1.82, 2.24) is 85.8 Å². The molecule has 0 fully saturated rings. The molecule has 11 aromatic heterocycles. The summed E-state index contributed by atoms with van der Waals surface area (Å²) in [7, 11) is 0. The van der Waals surface area contributed by atoms with Crippen LogP contribution in [0.25, 0.3) is 267 Å². The van der Waals surface area contributed by atoms with Gasteiger partial charge in [0, 0.05) is 128 Å². The van der Waals surface area contributed by atoms with Crippen LogP contribution >= 0.6 is 0 Å². The van der Waals surface area contributed by atoms with Crippen LogP contribution in [-0.2, 0) is 0 Å². The van der Waals surface area contributed by atoms with Gasteiger partial charge in [0.25, 0.3) is 0 Å². The first-order valence-corrected chi connectivity index (χ1v) is 46.0. The van der Waals surface area contributed by atoms with E-state index in [1.807, 2.05) is 267 Å². The Balaban J connectivity index is 0.000000111. The van der Waals surface area contributed by atoms with Gasteiger partial charge in [0.2, 0.25) is 0 Å². The van der Waals surface area contributed by atoms with Gasteiger partial charge in [0.1, 0.15) is 33.1 Å². The van der Waals surface area contributed by atoms with Gasteiger partial charge >= 0.3 is 0 Å². The third-order valence-corrected chi connectivity index (χ3v) is 25.4. The molecule has 20 nitrogen and oxygen atoms in total. The van der Waals surface area contributed by atoms with E-state index in [2.05, 4.69) is 205 Å². The number of nitrogens with zero attached hydrogens (tertiary/aromatic N) is 17. The Morgan fingerprint density at radius 1 is 0.149 bits per heavy atom. The molecule has 660 valence electrons. The second kappa shape index (κ2) is 36.2. The van der Waals surface area contributed by atoms with Gasteiger partial charge in [-0.05, 0) is 138 Å². The first-order chi connectivity index (χ1) is 69.9. The number of benzene rings is 16. The molecule has 0 radical (unpaired) electrons. The van der Waals surface area contributed by atoms with Gasteiger partial charge in [-0.2, -0.15) is 0 Å². The summed E-state index contributed by atoms with van der Waals surface area (Å²) in [5, 5.41) is 35.4. The van der Waals surface area contributed by atoms with Crippen molar-refractivity contribution in [1.29, 1.82) is 0 Å². The van der Waals surface area contributed by atoms with Crippen LogP contribution in [-0.4, -0.2) is 85.8 Å². The largest absolute Gasteiger partial charge is 0.255 e. The number of aromatic nitrogens is 17. The first kappa shape index (κ1) is 83.1. The van der Waals surface area contributed by atoms with E-state index in [4.69, 9.17) is 58.7 Å². The zero-order valence-corrected chi connectivity index (χ0v) is 75.0. The number of fused-ring (bicyclic) bond motifs is 15. The number of hydrogen-bond acceptors (Lipinski definition) is 20. The maximum Gasteiger partial charge on any atom is 0.164 e. The lowest BCUT2D eigenvalue weighted by atomic mass is 9.93. The fourth-order valence-corrected chi connectivity index (χ4v) is 18.7. The molecule has 0 spiro atoms. The van der Waals surface area contributed by atoms with E-state index in [9.17, 15) is 0 Å². The molecule has 27 rings (SSSR count). The molecule has 16 aromatic carbocycles. The monoisotopic (exact) mass is 1810 g/mol. The Labute approximate surface area is 804 Å². The van der Waals surface area contributed by atoms with Gasteiger partial charge in [-0.3, -0.25) is 9.97 Å². The maximum absolute atomic E-state index is 5.40. The lowest BCUT2D eigenvalue weighted by molar-refractivity contribution is 0.316. The predicted molar refractivity (Wildman–Crippen MR) is 558 cm³/mol. The summed E-state index contributed by atoms with van der Waals surface area (Å²) in [6.07, 6.45) is 3.56. The quantitative estimate of drug-likeness (QED) is 0.0864. The molecule has 141 heavy (non-hydrogen) atoms. The molecule has 0 aliphatic rings. The molecule has 0 amide bonds. The molecule has 0 atom stereocenters. The summed E-state index contributed by atoms with van der Waals surface area (Å²) < 4.78 is 16.2. The van der Waals surface area contributed by atoms with Gasteiger partial charge in [-0.15, -0.1) is 0 Å². The second-order valence-electron chi connectivity index (χ2n) is 34.0. The average molecular weight is 1810 g/mol. The lowest BCUT2D eigenvalue weighted by Gasteiger charge is -2.13. The Kier molecular flexibility index (Phi) is 21.4. The Morgan fingerprint density at radius 3 is 0.745 bits per heavy atom. The van der Waals surface area contributed by atoms with Crippen LogP contribution in [0.4, 0.5) is 0 Å². The van der Waals surface area contributed by atoms with E-state index < -0.39 is 0 Å². The van der Waals surface area contributed by atoms with Crippen molar-refractivity contribution in [3.63, 3.8) is 0 Å². The summed E-state index contributed by atoms with van der Waals surface area (Å²) in [5.41, 5.74) is 31.1. The predicted octanol–water partition coefficient (Wildman–Crippen LogP) is 28.9. The minimum absolute atomic E-state index is 0.595. The van der Waals surface area contributed by atoms with Crippen molar-refractivity contribution in [3.8, 4) is 169 Å². The minimum Gasteiger partial charge on any atom is -0.255 e. The van der Waals surface area contributed by atoms with Crippen molar-refractivity contribution in [2.75, 3.05) is 0 Å². The van der Waals surface area contributed by atoms with Crippen LogP contribution < -0.4 is 0 Å². The summed E-state index contributed by atoms with van der Waals surface area (Å²) in [6, 6.07) is 145. The zero-order valence-electron chi connectivity index (χ0n) is 75.0. The molecule has 0 aliphatic carbocycles. The van der Waals surface area contributed by atoms with Gasteiger partial charge in [-0.25, -0.2) is 58.7 Å². The van der Waals surface area contributed by atoms with Crippen LogP contribution in [0.1, 0.15) is 0 Å². The molecule has 0 saturated carbocycles. The molecule has 27 aromatic rings. The highest BCUT2D eigenvalue weighted by atomic mass is 16.6. The molecule has 20 heteroatoms. The summed E-state index contributed by atoms with van der Waals surface area (Å²) >= 11 is 0. The number of hydrogen-bond donors (Lipinski definition) is 0. The summed E-state index contributed by atoms with van der Waals surface area (Å²) in [6.45, 7) is 0. The highest BCUT2D eigenvalue weighted by Gasteiger charge is 2.27. The smallest absolute Gasteiger partial charge is 0.164 e. The molecular formula is C121H73N17O3. The highest BCUT2D eigenvalue weighted by Crippen LogP contribution is 2.47. The maximum atomic E-state index is 5.40. The van der Waals surface area contributed by atoms with Crippen molar-refractivity contribution < 1.29 is 13.9 Å². The van der Waals surface area contributed by atoms with Crippen LogP contribution in [0, 0.1) is 0 Å². The normalized spacial score (nSPS) is 11.4. The number of rotatable bonds is 15. The number of pyridine rings is 6. The Morgan fingerprint density at radius 2 is 0.411 bits per heavy atom. The highest BCUT2D eigenvalue weighted by molar-refractivity contribution is 6.26. The third-order valence-electron chi connectivity index (χ3n) is 25.4. The lowest BCUT2D eigenvalue weighted by Crippen LogP contribution is -2.00. The average Bonchev–Trinajstić information content (AvgIpc) is 1.70.